The van der Waals surface area contributed by atoms with Gasteiger partial charge in [-0.1, -0.05) is 32.9 Å². The minimum atomic E-state index is -0.527. The van der Waals surface area contributed by atoms with Gasteiger partial charge in [0.05, 0.1) is 13.2 Å². The first-order valence-corrected chi connectivity index (χ1v) is 10.4. The van der Waals surface area contributed by atoms with Gasteiger partial charge in [-0.15, -0.1) is 0 Å². The number of carbonyl (C=O) groups is 1. The first-order valence-electron chi connectivity index (χ1n) is 10.4. The fourth-order valence-electron chi connectivity index (χ4n) is 3.52. The summed E-state index contributed by atoms with van der Waals surface area (Å²) in [5.74, 6) is 1.90. The lowest BCUT2D eigenvalue weighted by Crippen LogP contribution is -2.39. The monoisotopic (exact) mass is 397 g/mol. The lowest BCUT2D eigenvalue weighted by molar-refractivity contribution is -0.128. The third-order valence-corrected chi connectivity index (χ3v) is 5.55. The quantitative estimate of drug-likeness (QED) is 0.614. The van der Waals surface area contributed by atoms with E-state index in [0.717, 1.165) is 39.3 Å². The Hall–Kier alpha value is -2.49. The summed E-state index contributed by atoms with van der Waals surface area (Å²) in [5.41, 5.74) is 5.57. The van der Waals surface area contributed by atoms with Crippen molar-refractivity contribution in [3.8, 4) is 11.5 Å². The van der Waals surface area contributed by atoms with Crippen LogP contribution < -0.4 is 14.8 Å². The van der Waals surface area contributed by atoms with Gasteiger partial charge in [0.25, 0.3) is 5.91 Å². The highest BCUT2D eigenvalue weighted by molar-refractivity contribution is 5.81. The molecule has 4 nitrogen and oxygen atoms in total. The van der Waals surface area contributed by atoms with Crippen molar-refractivity contribution in [2.45, 2.75) is 73.0 Å². The molecule has 0 heterocycles. The topological polar surface area (TPSA) is 47.6 Å². The van der Waals surface area contributed by atoms with E-state index in [2.05, 4.69) is 38.2 Å². The van der Waals surface area contributed by atoms with Crippen LogP contribution in [0.3, 0.4) is 0 Å². The number of rotatable bonds is 8. The van der Waals surface area contributed by atoms with Crippen molar-refractivity contribution in [2.24, 2.45) is 0 Å². The van der Waals surface area contributed by atoms with Crippen molar-refractivity contribution in [3.63, 3.8) is 0 Å². The van der Waals surface area contributed by atoms with Crippen LogP contribution in [0.5, 0.6) is 11.5 Å². The fourth-order valence-corrected chi connectivity index (χ4v) is 3.52. The molecule has 0 saturated heterocycles. The summed E-state index contributed by atoms with van der Waals surface area (Å²) in [6.07, 6.45) is 0.0752. The van der Waals surface area contributed by atoms with E-state index in [1.54, 1.807) is 7.11 Å². The summed E-state index contributed by atoms with van der Waals surface area (Å²) in [7, 11) is 1.70. The minimum absolute atomic E-state index is 0.0952. The summed E-state index contributed by atoms with van der Waals surface area (Å²) in [6.45, 7) is 14.4. The number of benzene rings is 2. The van der Waals surface area contributed by atoms with E-state index in [0.29, 0.717) is 12.3 Å². The van der Waals surface area contributed by atoms with Crippen LogP contribution in [0.25, 0.3) is 0 Å². The molecule has 0 spiro atoms. The Bertz CT molecular complexity index is 857. The number of ether oxygens (including phenoxy) is 2. The molecule has 2 aromatic rings. The van der Waals surface area contributed by atoms with E-state index in [4.69, 9.17) is 9.47 Å². The summed E-state index contributed by atoms with van der Waals surface area (Å²) < 4.78 is 11.6. The van der Waals surface area contributed by atoms with E-state index < -0.39 is 6.10 Å². The number of hydrogen-bond donors (Lipinski definition) is 1. The van der Waals surface area contributed by atoms with Crippen molar-refractivity contribution in [1.82, 2.24) is 5.32 Å². The van der Waals surface area contributed by atoms with Crippen LogP contribution in [-0.2, 0) is 4.79 Å². The van der Waals surface area contributed by atoms with Crippen molar-refractivity contribution in [1.29, 1.82) is 0 Å². The number of nitrogens with one attached hydrogen (secondary N) is 1. The molecular formula is C25H35NO3. The highest BCUT2D eigenvalue weighted by Crippen LogP contribution is 2.32. The van der Waals surface area contributed by atoms with E-state index in [1.807, 2.05) is 45.9 Å². The number of carbonyl (C=O) groups excluding carboxylic acids is 1. The van der Waals surface area contributed by atoms with Crippen molar-refractivity contribution < 1.29 is 14.3 Å². The maximum Gasteiger partial charge on any atom is 0.261 e. The van der Waals surface area contributed by atoms with Crippen LogP contribution in [0.1, 0.15) is 73.9 Å². The van der Waals surface area contributed by atoms with Gasteiger partial charge in [0.2, 0.25) is 0 Å². The Morgan fingerprint density at radius 2 is 1.69 bits per heavy atom. The van der Waals surface area contributed by atoms with Gasteiger partial charge in [-0.3, -0.25) is 4.79 Å². The zero-order valence-corrected chi connectivity index (χ0v) is 19.1. The maximum absolute atomic E-state index is 13.0. The van der Waals surface area contributed by atoms with Crippen LogP contribution in [0, 0.1) is 20.8 Å². The molecule has 0 aromatic heterocycles. The lowest BCUT2D eigenvalue weighted by atomic mass is 9.93. The molecule has 0 aliphatic rings. The highest BCUT2D eigenvalue weighted by atomic mass is 16.5. The van der Waals surface area contributed by atoms with Gasteiger partial charge in [0.1, 0.15) is 11.5 Å². The Labute approximate surface area is 175 Å². The van der Waals surface area contributed by atoms with Gasteiger partial charge in [-0.25, -0.2) is 0 Å². The second kappa shape index (κ2) is 9.82. The van der Waals surface area contributed by atoms with Crippen LogP contribution >= 0.6 is 0 Å². The predicted molar refractivity (Wildman–Crippen MR) is 119 cm³/mol. The second-order valence-electron chi connectivity index (χ2n) is 8.05. The first-order chi connectivity index (χ1) is 13.7. The molecule has 0 radical (unpaired) electrons. The largest absolute Gasteiger partial charge is 0.496 e. The standard InChI is InChI=1S/C25H35NO3/c1-9-22(29-23-12-10-11-16(4)18(23)6)25(27)26-19(7)21-14-20(15(2)3)24(28-8)13-17(21)5/h10-15,19,22H,9H2,1-8H3,(H,26,27)/t19-,22+/m1/s1. The van der Waals surface area contributed by atoms with Crippen LogP contribution in [0.2, 0.25) is 0 Å². The molecule has 2 aromatic carbocycles. The second-order valence-corrected chi connectivity index (χ2v) is 8.05. The van der Waals surface area contributed by atoms with Gasteiger partial charge in [0.15, 0.2) is 6.10 Å². The Morgan fingerprint density at radius 3 is 2.28 bits per heavy atom. The zero-order chi connectivity index (χ0) is 21.7. The molecule has 0 bridgehead atoms. The Kier molecular flexibility index (Phi) is 7.72. The van der Waals surface area contributed by atoms with E-state index >= 15 is 0 Å². The molecule has 0 unspecified atom stereocenters. The molecule has 1 amide bonds. The average molecular weight is 398 g/mol. The molecule has 2 rings (SSSR count). The number of methoxy groups -OCH3 is 1. The molecule has 4 heteroatoms. The van der Waals surface area contributed by atoms with Gasteiger partial charge >= 0.3 is 0 Å². The fraction of sp³-hybridized carbons (Fsp3) is 0.480. The van der Waals surface area contributed by atoms with Crippen molar-refractivity contribution in [2.75, 3.05) is 7.11 Å². The van der Waals surface area contributed by atoms with E-state index in [-0.39, 0.29) is 11.9 Å². The summed E-state index contributed by atoms with van der Waals surface area (Å²) >= 11 is 0. The van der Waals surface area contributed by atoms with Crippen LogP contribution in [-0.4, -0.2) is 19.1 Å². The lowest BCUT2D eigenvalue weighted by Gasteiger charge is -2.24. The Morgan fingerprint density at radius 1 is 1.00 bits per heavy atom. The van der Waals surface area contributed by atoms with Gasteiger partial charge < -0.3 is 14.8 Å². The molecule has 29 heavy (non-hydrogen) atoms. The Balaban J connectivity index is 2.20. The molecule has 0 aliphatic carbocycles. The van der Waals surface area contributed by atoms with Gasteiger partial charge in [0, 0.05) is 0 Å². The van der Waals surface area contributed by atoms with Gasteiger partial charge in [-0.2, -0.15) is 0 Å². The average Bonchev–Trinajstić information content (AvgIpc) is 2.68. The molecule has 0 fully saturated rings. The number of hydrogen-bond acceptors (Lipinski definition) is 3. The normalized spacial score (nSPS) is 13.1. The maximum atomic E-state index is 13.0. The first kappa shape index (κ1) is 22.8. The number of aryl methyl sites for hydroxylation is 2. The third kappa shape index (κ3) is 5.31. The van der Waals surface area contributed by atoms with Gasteiger partial charge in [-0.05, 0) is 86.1 Å². The van der Waals surface area contributed by atoms with E-state index in [1.165, 1.54) is 0 Å². The van der Waals surface area contributed by atoms with Crippen LogP contribution in [0.4, 0.5) is 0 Å². The molecule has 2 atom stereocenters. The summed E-state index contributed by atoms with van der Waals surface area (Å²) in [4.78, 5) is 13.0. The third-order valence-electron chi connectivity index (χ3n) is 5.55. The zero-order valence-electron chi connectivity index (χ0n) is 19.1. The predicted octanol–water partition coefficient (Wildman–Crippen LogP) is 5.78. The summed E-state index contributed by atoms with van der Waals surface area (Å²) in [5, 5.41) is 3.14. The highest BCUT2D eigenvalue weighted by Gasteiger charge is 2.23. The smallest absolute Gasteiger partial charge is 0.261 e. The van der Waals surface area contributed by atoms with E-state index in [9.17, 15) is 4.79 Å². The molecule has 0 saturated carbocycles. The van der Waals surface area contributed by atoms with Crippen LogP contribution in [0.15, 0.2) is 30.3 Å². The molecule has 158 valence electrons. The SMILES string of the molecule is CC[C@H](Oc1cccc(C)c1C)C(=O)N[C@H](C)c1cc(C(C)C)c(OC)cc1C. The minimum Gasteiger partial charge on any atom is -0.496 e. The molecule has 0 aliphatic heterocycles. The van der Waals surface area contributed by atoms with Crippen molar-refractivity contribution >= 4 is 5.91 Å². The molecular weight excluding hydrogens is 362 g/mol. The molecule has 1 N–H and O–H groups in total. The summed E-state index contributed by atoms with van der Waals surface area (Å²) in [6, 6.07) is 10.0. The number of amides is 1. The van der Waals surface area contributed by atoms with Crippen molar-refractivity contribution in [3.05, 3.63) is 58.1 Å².